The first kappa shape index (κ1) is 37.3. The van der Waals surface area contributed by atoms with E-state index in [1.807, 2.05) is 30.3 Å². The fourth-order valence-corrected chi connectivity index (χ4v) is 10.4. The lowest BCUT2D eigenvalue weighted by atomic mass is 9.95. The van der Waals surface area contributed by atoms with Gasteiger partial charge < -0.3 is 13.6 Å². The number of nitrogens with zero attached hydrogens (tertiary/aromatic N) is 5. The second-order valence-electron chi connectivity index (χ2n) is 17.1. The van der Waals surface area contributed by atoms with Gasteiger partial charge in [0.15, 0.2) is 17.5 Å². The SMILES string of the molecule is c1ccc(-c2nc(-c3ccc(-n4c5ccccc5c5cc6ccccc6cc54)c(-c4cccc5oc6ccccc6c45)c3)nc(-c3cccc4c3c3ccccc3n4-c3ccccc3)n2)cc1. The van der Waals surface area contributed by atoms with Crippen molar-refractivity contribution in [1.29, 1.82) is 0 Å². The third kappa shape index (κ3) is 5.80. The van der Waals surface area contributed by atoms with Crippen molar-refractivity contribution in [3.8, 4) is 56.7 Å². The Labute approximate surface area is 384 Å². The number of hydrogen-bond donors (Lipinski definition) is 0. The lowest BCUT2D eigenvalue weighted by molar-refractivity contribution is 0.669. The number of para-hydroxylation sites is 4. The van der Waals surface area contributed by atoms with E-state index >= 15 is 0 Å². The Morgan fingerprint density at radius 3 is 1.73 bits per heavy atom. The molecule has 0 bridgehead atoms. The Bertz CT molecular complexity index is 4280. The molecular formula is C61H37N5O. The zero-order valence-electron chi connectivity index (χ0n) is 36.0. The Hall–Kier alpha value is -9.13. The van der Waals surface area contributed by atoms with Crippen molar-refractivity contribution in [2.24, 2.45) is 0 Å². The smallest absolute Gasteiger partial charge is 0.164 e. The van der Waals surface area contributed by atoms with Crippen LogP contribution in [0.2, 0.25) is 0 Å². The van der Waals surface area contributed by atoms with Crippen molar-refractivity contribution >= 4 is 76.3 Å². The van der Waals surface area contributed by atoms with Gasteiger partial charge in [-0.1, -0.05) is 152 Å². The molecule has 14 rings (SSSR count). The number of furan rings is 1. The second-order valence-corrected chi connectivity index (χ2v) is 17.1. The minimum atomic E-state index is 0.581. The van der Waals surface area contributed by atoms with Crippen LogP contribution in [0.4, 0.5) is 0 Å². The minimum absolute atomic E-state index is 0.581. The van der Waals surface area contributed by atoms with E-state index in [-0.39, 0.29) is 0 Å². The lowest BCUT2D eigenvalue weighted by Gasteiger charge is -2.17. The number of rotatable bonds is 6. The first-order valence-corrected chi connectivity index (χ1v) is 22.6. The molecule has 4 heterocycles. The van der Waals surface area contributed by atoms with Crippen molar-refractivity contribution in [1.82, 2.24) is 24.1 Å². The maximum absolute atomic E-state index is 6.53. The molecule has 0 aliphatic carbocycles. The summed E-state index contributed by atoms with van der Waals surface area (Å²) >= 11 is 0. The first-order valence-electron chi connectivity index (χ1n) is 22.6. The fraction of sp³-hybridized carbons (Fsp3) is 0. The van der Waals surface area contributed by atoms with E-state index in [1.54, 1.807) is 0 Å². The van der Waals surface area contributed by atoms with Crippen molar-refractivity contribution in [2.45, 2.75) is 0 Å². The molecule has 0 radical (unpaired) electrons. The van der Waals surface area contributed by atoms with Gasteiger partial charge in [0.05, 0.1) is 27.8 Å². The normalized spacial score (nSPS) is 11.9. The van der Waals surface area contributed by atoms with Crippen LogP contribution in [0.5, 0.6) is 0 Å². The topological polar surface area (TPSA) is 61.7 Å². The van der Waals surface area contributed by atoms with Crippen LogP contribution < -0.4 is 0 Å². The molecule has 0 saturated heterocycles. The molecule has 0 aliphatic heterocycles. The molecule has 0 spiro atoms. The van der Waals surface area contributed by atoms with Gasteiger partial charge in [-0.3, -0.25) is 0 Å². The monoisotopic (exact) mass is 855 g/mol. The van der Waals surface area contributed by atoms with Gasteiger partial charge in [0.1, 0.15) is 11.2 Å². The number of benzene rings is 10. The van der Waals surface area contributed by atoms with Crippen LogP contribution in [0.3, 0.4) is 0 Å². The summed E-state index contributed by atoms with van der Waals surface area (Å²) in [5.41, 5.74) is 13.1. The van der Waals surface area contributed by atoms with Crippen LogP contribution in [0.1, 0.15) is 0 Å². The quantitative estimate of drug-likeness (QED) is 0.167. The average Bonchev–Trinajstić information content (AvgIpc) is 4.06. The summed E-state index contributed by atoms with van der Waals surface area (Å²) in [5, 5.41) is 9.14. The summed E-state index contributed by atoms with van der Waals surface area (Å²) in [6.45, 7) is 0. The largest absolute Gasteiger partial charge is 0.456 e. The van der Waals surface area contributed by atoms with E-state index in [4.69, 9.17) is 19.4 Å². The van der Waals surface area contributed by atoms with Crippen molar-refractivity contribution < 1.29 is 4.42 Å². The van der Waals surface area contributed by atoms with Crippen LogP contribution in [0.15, 0.2) is 229 Å². The second kappa shape index (κ2) is 14.7. The van der Waals surface area contributed by atoms with Crippen LogP contribution in [-0.2, 0) is 0 Å². The first-order chi connectivity index (χ1) is 33.2. The van der Waals surface area contributed by atoms with Gasteiger partial charge in [0.2, 0.25) is 0 Å². The molecular weight excluding hydrogens is 819 g/mol. The maximum Gasteiger partial charge on any atom is 0.164 e. The highest BCUT2D eigenvalue weighted by molar-refractivity contribution is 6.17. The fourth-order valence-electron chi connectivity index (χ4n) is 10.4. The Kier molecular flexibility index (Phi) is 8.18. The summed E-state index contributed by atoms with van der Waals surface area (Å²) in [5.74, 6) is 1.79. The van der Waals surface area contributed by atoms with Crippen LogP contribution in [0.25, 0.3) is 133 Å². The zero-order chi connectivity index (χ0) is 44.0. The summed E-state index contributed by atoms with van der Waals surface area (Å²) in [4.78, 5) is 16.0. The molecule has 67 heavy (non-hydrogen) atoms. The highest BCUT2D eigenvalue weighted by atomic mass is 16.3. The minimum Gasteiger partial charge on any atom is -0.456 e. The molecule has 4 aromatic heterocycles. The Balaban J connectivity index is 1.06. The number of aromatic nitrogens is 5. The van der Waals surface area contributed by atoms with Gasteiger partial charge in [-0.25, -0.2) is 15.0 Å². The van der Waals surface area contributed by atoms with Crippen molar-refractivity contribution in [2.75, 3.05) is 0 Å². The maximum atomic E-state index is 6.53. The van der Waals surface area contributed by atoms with E-state index in [0.29, 0.717) is 17.5 Å². The standard InChI is InChI=1S/C61H37N5O/c1-3-17-38(18-4-1)59-62-60(64-61(63-59)47-27-15-30-53-57(47)45-24-10-13-29-51(45)65(53)42-21-5-2-6-22-42)41-33-34-52(49(36-41)44-26-16-32-56-58(44)46-25-11-14-31-55(46)67-56)66-50-28-12-9-23-43(50)48-35-39-19-7-8-20-40(39)37-54(48)66/h1-37H. The summed E-state index contributed by atoms with van der Waals surface area (Å²) < 4.78 is 11.3. The van der Waals surface area contributed by atoms with Gasteiger partial charge >= 0.3 is 0 Å². The van der Waals surface area contributed by atoms with E-state index in [0.717, 1.165) is 94.0 Å². The average molecular weight is 856 g/mol. The molecule has 0 aliphatic rings. The number of hydrogen-bond acceptors (Lipinski definition) is 4. The highest BCUT2D eigenvalue weighted by Gasteiger charge is 2.23. The molecule has 10 aromatic carbocycles. The van der Waals surface area contributed by atoms with Gasteiger partial charge in [-0.05, 0) is 89.1 Å². The van der Waals surface area contributed by atoms with E-state index < -0.39 is 0 Å². The molecule has 0 fully saturated rings. The molecule has 0 amide bonds. The van der Waals surface area contributed by atoms with Crippen LogP contribution in [-0.4, -0.2) is 24.1 Å². The van der Waals surface area contributed by atoms with E-state index in [9.17, 15) is 0 Å². The van der Waals surface area contributed by atoms with E-state index in [1.165, 1.54) is 21.5 Å². The molecule has 0 saturated carbocycles. The molecule has 312 valence electrons. The van der Waals surface area contributed by atoms with Crippen LogP contribution >= 0.6 is 0 Å². The Morgan fingerprint density at radius 1 is 0.313 bits per heavy atom. The third-order valence-corrected chi connectivity index (χ3v) is 13.3. The lowest BCUT2D eigenvalue weighted by Crippen LogP contribution is -2.02. The van der Waals surface area contributed by atoms with E-state index in [2.05, 4.69) is 203 Å². The number of fused-ring (bicyclic) bond motifs is 10. The predicted molar refractivity (Wildman–Crippen MR) is 275 cm³/mol. The van der Waals surface area contributed by atoms with Crippen molar-refractivity contribution in [3.05, 3.63) is 224 Å². The molecule has 14 aromatic rings. The molecule has 0 atom stereocenters. The third-order valence-electron chi connectivity index (χ3n) is 13.3. The summed E-state index contributed by atoms with van der Waals surface area (Å²) in [7, 11) is 0. The van der Waals surface area contributed by atoms with Gasteiger partial charge in [0.25, 0.3) is 0 Å². The predicted octanol–water partition coefficient (Wildman–Crippen LogP) is 15.8. The van der Waals surface area contributed by atoms with Gasteiger partial charge in [0, 0.05) is 60.3 Å². The van der Waals surface area contributed by atoms with Crippen molar-refractivity contribution in [3.63, 3.8) is 0 Å². The Morgan fingerprint density at radius 2 is 0.910 bits per heavy atom. The van der Waals surface area contributed by atoms with Crippen LogP contribution in [0, 0.1) is 0 Å². The molecule has 6 nitrogen and oxygen atoms in total. The highest BCUT2D eigenvalue weighted by Crippen LogP contribution is 2.44. The molecule has 6 heteroatoms. The van der Waals surface area contributed by atoms with Gasteiger partial charge in [-0.2, -0.15) is 0 Å². The summed E-state index contributed by atoms with van der Waals surface area (Å²) in [6, 6.07) is 79.1. The zero-order valence-corrected chi connectivity index (χ0v) is 36.0. The summed E-state index contributed by atoms with van der Waals surface area (Å²) in [6.07, 6.45) is 0. The van der Waals surface area contributed by atoms with Gasteiger partial charge in [-0.15, -0.1) is 0 Å². The molecule has 0 unspecified atom stereocenters. The molecule has 0 N–H and O–H groups in total.